The summed E-state index contributed by atoms with van der Waals surface area (Å²) in [6.07, 6.45) is 1.32. The first-order valence-corrected chi connectivity index (χ1v) is 6.39. The number of nitrogens with one attached hydrogen (secondary N) is 2. The van der Waals surface area contributed by atoms with Crippen LogP contribution in [-0.4, -0.2) is 24.0 Å². The van der Waals surface area contributed by atoms with Gasteiger partial charge in [0, 0.05) is 18.3 Å². The molecular formula is C14H16N4O4. The number of hydrogen-bond donors (Lipinski definition) is 2. The fourth-order valence-corrected chi connectivity index (χ4v) is 1.48. The largest absolute Gasteiger partial charge is 0.494 e. The van der Waals surface area contributed by atoms with Crippen LogP contribution in [0.5, 0.6) is 5.75 Å². The van der Waals surface area contributed by atoms with Gasteiger partial charge >= 0.3 is 0 Å². The summed E-state index contributed by atoms with van der Waals surface area (Å²) < 4.78 is 5.01. The second kappa shape index (κ2) is 7.64. The van der Waals surface area contributed by atoms with Crippen LogP contribution in [0.25, 0.3) is 0 Å². The molecule has 0 aromatic heterocycles. The number of anilines is 1. The van der Waals surface area contributed by atoms with Gasteiger partial charge in [-0.1, -0.05) is 0 Å². The molecule has 8 nitrogen and oxygen atoms in total. The third-order valence-corrected chi connectivity index (χ3v) is 2.57. The molecule has 0 fully saturated rings. The SMILES string of the molecule is COc1cc([N+](=O)[O-])ccc1NC(=O)/C(C#N)=C\NC(C)C. The van der Waals surface area contributed by atoms with Crippen molar-refractivity contribution in [3.63, 3.8) is 0 Å². The number of benzene rings is 1. The van der Waals surface area contributed by atoms with Gasteiger partial charge < -0.3 is 15.4 Å². The summed E-state index contributed by atoms with van der Waals surface area (Å²) >= 11 is 0. The van der Waals surface area contributed by atoms with E-state index < -0.39 is 10.8 Å². The van der Waals surface area contributed by atoms with Crippen LogP contribution in [0.3, 0.4) is 0 Å². The van der Waals surface area contributed by atoms with E-state index in [2.05, 4.69) is 10.6 Å². The van der Waals surface area contributed by atoms with Crippen molar-refractivity contribution in [3.05, 3.63) is 40.1 Å². The minimum Gasteiger partial charge on any atom is -0.494 e. The van der Waals surface area contributed by atoms with Gasteiger partial charge in [0.05, 0.1) is 23.8 Å². The third-order valence-electron chi connectivity index (χ3n) is 2.57. The zero-order chi connectivity index (χ0) is 16.7. The minimum absolute atomic E-state index is 0.0741. The standard InChI is InChI=1S/C14H16N4O4/c1-9(2)16-8-10(7-15)14(19)17-12-5-4-11(18(20)21)6-13(12)22-3/h4-6,8-9,16H,1-3H3,(H,17,19)/b10-8-. The van der Waals surface area contributed by atoms with Crippen molar-refractivity contribution in [3.8, 4) is 11.8 Å². The number of amides is 1. The quantitative estimate of drug-likeness (QED) is 0.359. The number of nitro benzene ring substituents is 1. The van der Waals surface area contributed by atoms with Crippen molar-refractivity contribution >= 4 is 17.3 Å². The summed E-state index contributed by atoms with van der Waals surface area (Å²) in [6, 6.07) is 5.63. The molecule has 0 saturated carbocycles. The van der Waals surface area contributed by atoms with Crippen LogP contribution in [0.2, 0.25) is 0 Å². The predicted molar refractivity (Wildman–Crippen MR) is 80.2 cm³/mol. The molecule has 8 heteroatoms. The van der Waals surface area contributed by atoms with Crippen LogP contribution in [0.15, 0.2) is 30.0 Å². The molecule has 0 atom stereocenters. The van der Waals surface area contributed by atoms with Gasteiger partial charge in [-0.2, -0.15) is 5.26 Å². The van der Waals surface area contributed by atoms with E-state index in [0.717, 1.165) is 0 Å². The molecule has 0 spiro atoms. The van der Waals surface area contributed by atoms with Gasteiger partial charge in [0.2, 0.25) is 0 Å². The summed E-state index contributed by atoms with van der Waals surface area (Å²) in [5, 5.41) is 25.0. The van der Waals surface area contributed by atoms with Crippen LogP contribution >= 0.6 is 0 Å². The van der Waals surface area contributed by atoms with E-state index in [1.165, 1.54) is 31.5 Å². The van der Waals surface area contributed by atoms with E-state index in [-0.39, 0.29) is 28.7 Å². The van der Waals surface area contributed by atoms with Crippen molar-refractivity contribution in [1.29, 1.82) is 5.26 Å². The molecule has 0 radical (unpaired) electrons. The van der Waals surface area contributed by atoms with E-state index in [1.54, 1.807) is 6.07 Å². The Labute approximate surface area is 127 Å². The van der Waals surface area contributed by atoms with Gasteiger partial charge in [0.15, 0.2) is 0 Å². The normalized spacial score (nSPS) is 10.8. The number of rotatable bonds is 6. The summed E-state index contributed by atoms with van der Waals surface area (Å²) in [4.78, 5) is 22.2. The Morgan fingerprint density at radius 2 is 2.18 bits per heavy atom. The van der Waals surface area contributed by atoms with Gasteiger partial charge in [-0.3, -0.25) is 14.9 Å². The second-order valence-electron chi connectivity index (χ2n) is 4.59. The van der Waals surface area contributed by atoms with Crippen LogP contribution in [-0.2, 0) is 4.79 Å². The van der Waals surface area contributed by atoms with Gasteiger partial charge in [0.25, 0.3) is 11.6 Å². The summed E-state index contributed by atoms with van der Waals surface area (Å²) in [6.45, 7) is 3.73. The van der Waals surface area contributed by atoms with Crippen LogP contribution in [0.4, 0.5) is 11.4 Å². The first-order valence-electron chi connectivity index (χ1n) is 6.39. The Morgan fingerprint density at radius 1 is 1.50 bits per heavy atom. The maximum Gasteiger partial charge on any atom is 0.273 e. The van der Waals surface area contributed by atoms with Gasteiger partial charge in [-0.25, -0.2) is 0 Å². The lowest BCUT2D eigenvalue weighted by Gasteiger charge is -2.10. The highest BCUT2D eigenvalue weighted by Gasteiger charge is 2.15. The Morgan fingerprint density at radius 3 is 2.68 bits per heavy atom. The van der Waals surface area contributed by atoms with Crippen molar-refractivity contribution in [1.82, 2.24) is 5.32 Å². The smallest absolute Gasteiger partial charge is 0.273 e. The summed E-state index contributed by atoms with van der Waals surface area (Å²) in [7, 11) is 1.33. The van der Waals surface area contributed by atoms with Crippen LogP contribution in [0, 0.1) is 21.4 Å². The van der Waals surface area contributed by atoms with E-state index in [0.29, 0.717) is 0 Å². The highest BCUT2D eigenvalue weighted by atomic mass is 16.6. The topological polar surface area (TPSA) is 117 Å². The maximum absolute atomic E-state index is 12.0. The van der Waals surface area contributed by atoms with Gasteiger partial charge in [0.1, 0.15) is 17.4 Å². The Bertz CT molecular complexity index is 647. The third kappa shape index (κ3) is 4.49. The highest BCUT2D eigenvalue weighted by Crippen LogP contribution is 2.29. The van der Waals surface area contributed by atoms with Gasteiger partial charge in [-0.15, -0.1) is 0 Å². The van der Waals surface area contributed by atoms with Crippen molar-refractivity contribution < 1.29 is 14.5 Å². The molecule has 1 rings (SSSR count). The number of nitro groups is 1. The highest BCUT2D eigenvalue weighted by molar-refractivity contribution is 6.07. The van der Waals surface area contributed by atoms with E-state index in [4.69, 9.17) is 10.00 Å². The monoisotopic (exact) mass is 304 g/mol. The number of non-ortho nitro benzene ring substituents is 1. The molecule has 0 bridgehead atoms. The van der Waals surface area contributed by atoms with E-state index in [9.17, 15) is 14.9 Å². The zero-order valence-electron chi connectivity index (χ0n) is 12.4. The molecule has 0 aliphatic heterocycles. The average molecular weight is 304 g/mol. The molecule has 0 saturated heterocycles. The summed E-state index contributed by atoms with van der Waals surface area (Å²) in [5.41, 5.74) is -0.0368. The Hall–Kier alpha value is -3.08. The Kier molecular flexibility index (Phi) is 5.89. The van der Waals surface area contributed by atoms with E-state index >= 15 is 0 Å². The lowest BCUT2D eigenvalue weighted by Crippen LogP contribution is -2.20. The fourth-order valence-electron chi connectivity index (χ4n) is 1.48. The van der Waals surface area contributed by atoms with Crippen LogP contribution < -0.4 is 15.4 Å². The molecular weight excluding hydrogens is 288 g/mol. The molecule has 1 aromatic rings. The first-order chi connectivity index (χ1) is 10.4. The number of hydrogen-bond acceptors (Lipinski definition) is 6. The lowest BCUT2D eigenvalue weighted by atomic mass is 10.2. The molecule has 1 amide bonds. The second-order valence-corrected chi connectivity index (χ2v) is 4.59. The number of nitriles is 1. The van der Waals surface area contributed by atoms with Crippen LogP contribution in [0.1, 0.15) is 13.8 Å². The van der Waals surface area contributed by atoms with Crippen molar-refractivity contribution in [2.45, 2.75) is 19.9 Å². The first kappa shape index (κ1) is 17.0. The molecule has 22 heavy (non-hydrogen) atoms. The number of carbonyl (C=O) groups is 1. The van der Waals surface area contributed by atoms with E-state index in [1.807, 2.05) is 13.8 Å². The molecule has 2 N–H and O–H groups in total. The predicted octanol–water partition coefficient (Wildman–Crippen LogP) is 1.95. The molecule has 0 unspecified atom stereocenters. The number of carbonyl (C=O) groups excluding carboxylic acids is 1. The molecule has 1 aromatic carbocycles. The number of nitrogens with zero attached hydrogens (tertiary/aromatic N) is 2. The molecule has 0 aliphatic carbocycles. The minimum atomic E-state index is -0.636. The number of ether oxygens (including phenoxy) is 1. The molecule has 0 heterocycles. The molecule has 116 valence electrons. The maximum atomic E-state index is 12.0. The molecule has 0 aliphatic rings. The summed E-state index contributed by atoms with van der Waals surface area (Å²) in [5.74, 6) is -0.500. The fraction of sp³-hybridized carbons (Fsp3) is 0.286. The zero-order valence-corrected chi connectivity index (χ0v) is 12.4. The van der Waals surface area contributed by atoms with Crippen molar-refractivity contribution in [2.24, 2.45) is 0 Å². The lowest BCUT2D eigenvalue weighted by molar-refractivity contribution is -0.384. The van der Waals surface area contributed by atoms with Crippen molar-refractivity contribution in [2.75, 3.05) is 12.4 Å². The average Bonchev–Trinajstić information content (AvgIpc) is 2.47. The van der Waals surface area contributed by atoms with Gasteiger partial charge in [-0.05, 0) is 19.9 Å². The number of methoxy groups -OCH3 is 1. The Balaban J connectivity index is 2.98.